The summed E-state index contributed by atoms with van der Waals surface area (Å²) in [4.78, 5) is 4.27. The molecule has 1 heterocycles. The van der Waals surface area contributed by atoms with Gasteiger partial charge >= 0.3 is 0 Å². The highest BCUT2D eigenvalue weighted by Gasteiger charge is 2.07. The van der Waals surface area contributed by atoms with E-state index in [4.69, 9.17) is 0 Å². The highest BCUT2D eigenvalue weighted by Crippen LogP contribution is 2.13. The van der Waals surface area contributed by atoms with Crippen molar-refractivity contribution in [2.45, 2.75) is 12.5 Å². The molecule has 0 spiro atoms. The van der Waals surface area contributed by atoms with Gasteiger partial charge in [-0.3, -0.25) is 4.98 Å². The van der Waals surface area contributed by atoms with Gasteiger partial charge in [-0.05, 0) is 31.4 Å². The van der Waals surface area contributed by atoms with Crippen molar-refractivity contribution in [3.05, 3.63) is 30.1 Å². The maximum Gasteiger partial charge on any atom is 0.0573 e. The molecule has 0 aliphatic carbocycles. The van der Waals surface area contributed by atoms with Crippen molar-refractivity contribution in [2.75, 3.05) is 12.8 Å². The highest BCUT2D eigenvalue weighted by atomic mass is 32.1. The van der Waals surface area contributed by atoms with Crippen LogP contribution >= 0.6 is 12.6 Å². The minimum absolute atomic E-state index is 0.337. The van der Waals surface area contributed by atoms with E-state index in [1.54, 1.807) is 0 Å². The van der Waals surface area contributed by atoms with Crippen LogP contribution in [0.1, 0.15) is 18.2 Å². The van der Waals surface area contributed by atoms with Crippen LogP contribution in [0.5, 0.6) is 0 Å². The third-order valence-corrected chi connectivity index (χ3v) is 2.07. The zero-order chi connectivity index (χ0) is 8.81. The van der Waals surface area contributed by atoms with Gasteiger partial charge in [0.2, 0.25) is 0 Å². The minimum atomic E-state index is 0.337. The first-order valence-electron chi connectivity index (χ1n) is 4.07. The predicted molar refractivity (Wildman–Crippen MR) is 54.5 cm³/mol. The Morgan fingerprint density at radius 3 is 2.92 bits per heavy atom. The van der Waals surface area contributed by atoms with Crippen LogP contribution in [-0.2, 0) is 0 Å². The van der Waals surface area contributed by atoms with Gasteiger partial charge in [0.25, 0.3) is 0 Å². The van der Waals surface area contributed by atoms with E-state index in [0.717, 1.165) is 17.9 Å². The third kappa shape index (κ3) is 2.50. The normalized spacial score (nSPS) is 12.8. The summed E-state index contributed by atoms with van der Waals surface area (Å²) in [7, 11) is 1.95. The first-order chi connectivity index (χ1) is 5.88. The smallest absolute Gasteiger partial charge is 0.0573 e. The van der Waals surface area contributed by atoms with Crippen LogP contribution in [-0.4, -0.2) is 17.8 Å². The summed E-state index contributed by atoms with van der Waals surface area (Å²) < 4.78 is 0. The molecule has 2 nitrogen and oxygen atoms in total. The quantitative estimate of drug-likeness (QED) is 0.692. The Balaban J connectivity index is 2.66. The van der Waals surface area contributed by atoms with Gasteiger partial charge in [-0.15, -0.1) is 0 Å². The monoisotopic (exact) mass is 182 g/mol. The van der Waals surface area contributed by atoms with Crippen molar-refractivity contribution in [2.24, 2.45) is 0 Å². The second-order valence-corrected chi connectivity index (χ2v) is 3.06. The van der Waals surface area contributed by atoms with E-state index in [2.05, 4.69) is 22.9 Å². The maximum atomic E-state index is 4.27. The van der Waals surface area contributed by atoms with Crippen molar-refractivity contribution in [1.82, 2.24) is 10.3 Å². The molecule has 0 radical (unpaired) electrons. The zero-order valence-electron chi connectivity index (χ0n) is 7.20. The molecule has 12 heavy (non-hydrogen) atoms. The number of nitrogens with zero attached hydrogens (tertiary/aromatic N) is 1. The molecule has 1 N–H and O–H groups in total. The molecule has 0 fully saturated rings. The lowest BCUT2D eigenvalue weighted by atomic mass is 10.1. The number of nitrogens with one attached hydrogen (secondary N) is 1. The Morgan fingerprint density at radius 2 is 2.42 bits per heavy atom. The Kier molecular flexibility index (Phi) is 4.11. The Morgan fingerprint density at radius 1 is 1.58 bits per heavy atom. The second-order valence-electron chi connectivity index (χ2n) is 2.61. The summed E-state index contributed by atoms with van der Waals surface area (Å²) in [5, 5.41) is 3.21. The van der Waals surface area contributed by atoms with Crippen LogP contribution in [0.3, 0.4) is 0 Å². The SMILES string of the molecule is CNC(CCS)c1ccccn1. The minimum Gasteiger partial charge on any atom is -0.312 e. The molecule has 0 aliphatic rings. The van der Waals surface area contributed by atoms with Crippen molar-refractivity contribution < 1.29 is 0 Å². The fourth-order valence-corrected chi connectivity index (χ4v) is 1.41. The molecule has 0 aliphatic heterocycles. The van der Waals surface area contributed by atoms with Gasteiger partial charge in [0.1, 0.15) is 0 Å². The van der Waals surface area contributed by atoms with Crippen molar-refractivity contribution in [3.8, 4) is 0 Å². The summed E-state index contributed by atoms with van der Waals surface area (Å²) in [5.74, 6) is 0.877. The van der Waals surface area contributed by atoms with Crippen LogP contribution in [0, 0.1) is 0 Å². The van der Waals surface area contributed by atoms with Gasteiger partial charge in [0, 0.05) is 6.20 Å². The van der Waals surface area contributed by atoms with Crippen LogP contribution in [0.4, 0.5) is 0 Å². The summed E-state index contributed by atoms with van der Waals surface area (Å²) in [6.07, 6.45) is 2.83. The lowest BCUT2D eigenvalue weighted by molar-refractivity contribution is 0.566. The van der Waals surface area contributed by atoms with Crippen molar-refractivity contribution in [3.63, 3.8) is 0 Å². The molecule has 0 aromatic carbocycles. The molecular formula is C9H14N2S. The number of hydrogen-bond donors (Lipinski definition) is 2. The first-order valence-corrected chi connectivity index (χ1v) is 4.70. The van der Waals surface area contributed by atoms with Crippen LogP contribution in [0.15, 0.2) is 24.4 Å². The molecule has 1 aromatic rings. The summed E-state index contributed by atoms with van der Waals surface area (Å²) in [6.45, 7) is 0. The summed E-state index contributed by atoms with van der Waals surface area (Å²) in [5.41, 5.74) is 1.09. The van der Waals surface area contributed by atoms with E-state index < -0.39 is 0 Å². The van der Waals surface area contributed by atoms with Gasteiger partial charge in [-0.2, -0.15) is 12.6 Å². The molecule has 3 heteroatoms. The molecule has 1 unspecified atom stereocenters. The second kappa shape index (κ2) is 5.17. The van der Waals surface area contributed by atoms with E-state index in [1.807, 2.05) is 31.4 Å². The van der Waals surface area contributed by atoms with E-state index in [9.17, 15) is 0 Å². The standard InChI is InChI=1S/C9H14N2S/c1-10-8(5-7-12)9-4-2-3-6-11-9/h2-4,6,8,10,12H,5,7H2,1H3. The molecule has 0 amide bonds. The van der Waals surface area contributed by atoms with Gasteiger partial charge < -0.3 is 5.32 Å². The van der Waals surface area contributed by atoms with Crippen LogP contribution in [0.2, 0.25) is 0 Å². The molecule has 66 valence electrons. The molecule has 0 saturated heterocycles. The molecule has 0 saturated carbocycles. The lowest BCUT2D eigenvalue weighted by Gasteiger charge is -2.13. The number of hydrogen-bond acceptors (Lipinski definition) is 3. The van der Waals surface area contributed by atoms with E-state index >= 15 is 0 Å². The Labute approximate surface area is 78.8 Å². The van der Waals surface area contributed by atoms with Gasteiger partial charge in [-0.1, -0.05) is 6.07 Å². The maximum absolute atomic E-state index is 4.27. The summed E-state index contributed by atoms with van der Waals surface area (Å²) in [6, 6.07) is 6.30. The average molecular weight is 182 g/mol. The first kappa shape index (κ1) is 9.55. The van der Waals surface area contributed by atoms with Crippen LogP contribution in [0.25, 0.3) is 0 Å². The van der Waals surface area contributed by atoms with E-state index in [1.165, 1.54) is 0 Å². The topological polar surface area (TPSA) is 24.9 Å². The average Bonchev–Trinajstić information content (AvgIpc) is 2.15. The van der Waals surface area contributed by atoms with Crippen molar-refractivity contribution in [1.29, 1.82) is 0 Å². The molecule has 1 aromatic heterocycles. The molecule has 0 bridgehead atoms. The number of pyridine rings is 1. The van der Waals surface area contributed by atoms with E-state index in [-0.39, 0.29) is 0 Å². The Bertz CT molecular complexity index is 213. The molecule has 1 rings (SSSR count). The van der Waals surface area contributed by atoms with Crippen molar-refractivity contribution >= 4 is 12.6 Å². The third-order valence-electron chi connectivity index (χ3n) is 1.81. The number of rotatable bonds is 4. The molecule has 1 atom stereocenters. The predicted octanol–water partition coefficient (Wildman–Crippen LogP) is 1.66. The molecular weight excluding hydrogens is 168 g/mol. The largest absolute Gasteiger partial charge is 0.312 e. The van der Waals surface area contributed by atoms with E-state index in [0.29, 0.717) is 6.04 Å². The number of aromatic nitrogens is 1. The fourth-order valence-electron chi connectivity index (χ4n) is 1.15. The number of thiol groups is 1. The highest BCUT2D eigenvalue weighted by molar-refractivity contribution is 7.80. The van der Waals surface area contributed by atoms with Gasteiger partial charge in [-0.25, -0.2) is 0 Å². The Hall–Kier alpha value is -0.540. The zero-order valence-corrected chi connectivity index (χ0v) is 8.09. The lowest BCUT2D eigenvalue weighted by Crippen LogP contribution is -2.17. The van der Waals surface area contributed by atoms with Gasteiger partial charge in [0.15, 0.2) is 0 Å². The van der Waals surface area contributed by atoms with Gasteiger partial charge in [0.05, 0.1) is 11.7 Å². The fraction of sp³-hybridized carbons (Fsp3) is 0.444. The summed E-state index contributed by atoms with van der Waals surface area (Å²) >= 11 is 4.20. The van der Waals surface area contributed by atoms with Crippen LogP contribution < -0.4 is 5.32 Å².